The summed E-state index contributed by atoms with van der Waals surface area (Å²) in [5.74, 6) is -0.300. The van der Waals surface area contributed by atoms with Crippen molar-refractivity contribution in [3.05, 3.63) is 22.2 Å². The topological polar surface area (TPSA) is 69.7 Å². The Morgan fingerprint density at radius 2 is 1.89 bits per heavy atom. The summed E-state index contributed by atoms with van der Waals surface area (Å²) in [6.07, 6.45) is 1.01. The molecule has 0 bridgehead atoms. The highest BCUT2D eigenvalue weighted by Gasteiger charge is 2.21. The van der Waals surface area contributed by atoms with Crippen LogP contribution in [0.25, 0.3) is 0 Å². The summed E-state index contributed by atoms with van der Waals surface area (Å²) in [5, 5.41) is 0. The van der Waals surface area contributed by atoms with Crippen LogP contribution in [0.2, 0.25) is 0 Å². The molecule has 0 saturated heterocycles. The number of rotatable bonds is 5. The Labute approximate surface area is 114 Å². The van der Waals surface area contributed by atoms with E-state index in [1.54, 1.807) is 6.07 Å². The molecule has 5 nitrogen and oxygen atoms in total. The smallest absolute Gasteiger partial charge is 0.181 e. The molecule has 0 aliphatic rings. The van der Waals surface area contributed by atoms with Gasteiger partial charge in [0.05, 0.1) is 19.8 Å². The number of sulfone groups is 1. The number of carbonyl (C=O) groups excluding carboxylic acids is 1. The molecule has 0 aromatic heterocycles. The lowest BCUT2D eigenvalue weighted by Crippen LogP contribution is -2.15. The molecular formula is C11H13BrO5S. The minimum absolute atomic E-state index is 0.204. The lowest BCUT2D eigenvalue weighted by Gasteiger charge is -2.12. The summed E-state index contributed by atoms with van der Waals surface area (Å²) in [6.45, 7) is 0. The Kier molecular flexibility index (Phi) is 4.75. The minimum atomic E-state index is -3.38. The van der Waals surface area contributed by atoms with Crippen molar-refractivity contribution in [2.24, 2.45) is 0 Å². The normalized spacial score (nSPS) is 11.1. The van der Waals surface area contributed by atoms with Crippen molar-refractivity contribution in [2.75, 3.05) is 26.2 Å². The first-order valence-corrected chi connectivity index (χ1v) is 7.77. The van der Waals surface area contributed by atoms with Gasteiger partial charge >= 0.3 is 0 Å². The Morgan fingerprint density at radius 1 is 1.28 bits per heavy atom. The summed E-state index contributed by atoms with van der Waals surface area (Å²) in [6, 6.07) is 3.05. The molecule has 1 rings (SSSR count). The van der Waals surface area contributed by atoms with E-state index in [4.69, 9.17) is 9.47 Å². The van der Waals surface area contributed by atoms with Gasteiger partial charge in [0, 0.05) is 6.26 Å². The summed E-state index contributed by atoms with van der Waals surface area (Å²) in [4.78, 5) is 11.9. The standard InChI is InChI=1S/C11H13BrO5S/c1-16-9-5-4-7(11(17-2)10(9)12)8(13)6-18(3,14)15/h4-5H,6H2,1-3H3. The van der Waals surface area contributed by atoms with E-state index in [1.807, 2.05) is 0 Å². The second-order valence-electron chi connectivity index (χ2n) is 3.66. The van der Waals surface area contributed by atoms with Crippen LogP contribution in [0, 0.1) is 0 Å². The number of carbonyl (C=O) groups is 1. The maximum absolute atomic E-state index is 11.9. The number of Topliss-reactive ketones (excluding diaryl/α,β-unsaturated/α-hetero) is 1. The highest BCUT2D eigenvalue weighted by Crippen LogP contribution is 2.37. The molecule has 18 heavy (non-hydrogen) atoms. The van der Waals surface area contributed by atoms with Gasteiger partial charge in [-0.25, -0.2) is 8.42 Å². The van der Waals surface area contributed by atoms with Crippen molar-refractivity contribution in [3.63, 3.8) is 0 Å². The minimum Gasteiger partial charge on any atom is -0.495 e. The van der Waals surface area contributed by atoms with E-state index >= 15 is 0 Å². The Hall–Kier alpha value is -1.08. The van der Waals surface area contributed by atoms with Crippen LogP contribution < -0.4 is 9.47 Å². The third-order valence-electron chi connectivity index (χ3n) is 2.18. The van der Waals surface area contributed by atoms with Gasteiger partial charge in [0.1, 0.15) is 21.7 Å². The summed E-state index contributed by atoms with van der Waals surface area (Å²) < 4.78 is 32.9. The molecule has 0 unspecified atom stereocenters. The molecule has 0 fully saturated rings. The Bertz CT molecular complexity index is 565. The zero-order valence-corrected chi connectivity index (χ0v) is 12.6. The Morgan fingerprint density at radius 3 is 2.33 bits per heavy atom. The van der Waals surface area contributed by atoms with E-state index < -0.39 is 21.4 Å². The quantitative estimate of drug-likeness (QED) is 0.765. The predicted molar refractivity (Wildman–Crippen MR) is 71.3 cm³/mol. The van der Waals surface area contributed by atoms with Gasteiger partial charge in [-0.15, -0.1) is 0 Å². The van der Waals surface area contributed by atoms with Crippen LogP contribution in [0.3, 0.4) is 0 Å². The second kappa shape index (κ2) is 5.71. The molecule has 0 aliphatic heterocycles. The van der Waals surface area contributed by atoms with E-state index in [1.165, 1.54) is 20.3 Å². The first-order valence-electron chi connectivity index (χ1n) is 4.91. The zero-order chi connectivity index (χ0) is 13.9. The Balaban J connectivity index is 3.25. The third kappa shape index (κ3) is 3.46. The molecular weight excluding hydrogens is 324 g/mol. The maximum Gasteiger partial charge on any atom is 0.181 e. The fraction of sp³-hybridized carbons (Fsp3) is 0.364. The molecule has 0 heterocycles. The molecule has 0 amide bonds. The van der Waals surface area contributed by atoms with Crippen molar-refractivity contribution in [1.29, 1.82) is 0 Å². The number of halogens is 1. The van der Waals surface area contributed by atoms with Gasteiger partial charge in [-0.3, -0.25) is 4.79 Å². The van der Waals surface area contributed by atoms with E-state index in [9.17, 15) is 13.2 Å². The number of benzene rings is 1. The predicted octanol–water partition coefficient (Wildman–Crippen LogP) is 1.69. The average molecular weight is 337 g/mol. The first-order chi connectivity index (χ1) is 8.30. The molecule has 0 atom stereocenters. The molecule has 0 N–H and O–H groups in total. The monoisotopic (exact) mass is 336 g/mol. The van der Waals surface area contributed by atoms with Crippen molar-refractivity contribution in [3.8, 4) is 11.5 Å². The van der Waals surface area contributed by atoms with Crippen LogP contribution in [-0.2, 0) is 9.84 Å². The molecule has 0 spiro atoms. The van der Waals surface area contributed by atoms with Crippen molar-refractivity contribution < 1.29 is 22.7 Å². The maximum atomic E-state index is 11.9. The largest absolute Gasteiger partial charge is 0.495 e. The zero-order valence-electron chi connectivity index (χ0n) is 10.2. The van der Waals surface area contributed by atoms with Crippen LogP contribution in [0.15, 0.2) is 16.6 Å². The number of ether oxygens (including phenoxy) is 2. The number of hydrogen-bond donors (Lipinski definition) is 0. The number of ketones is 1. The fourth-order valence-corrected chi connectivity index (χ4v) is 2.73. The van der Waals surface area contributed by atoms with E-state index in [0.717, 1.165) is 6.26 Å². The van der Waals surface area contributed by atoms with Gasteiger partial charge in [0.2, 0.25) is 0 Å². The molecule has 7 heteroatoms. The van der Waals surface area contributed by atoms with Crippen molar-refractivity contribution in [1.82, 2.24) is 0 Å². The van der Waals surface area contributed by atoms with Crippen molar-refractivity contribution in [2.45, 2.75) is 0 Å². The van der Waals surface area contributed by atoms with E-state index in [2.05, 4.69) is 15.9 Å². The van der Waals surface area contributed by atoms with Crippen LogP contribution in [0.4, 0.5) is 0 Å². The highest BCUT2D eigenvalue weighted by atomic mass is 79.9. The molecule has 1 aromatic carbocycles. The molecule has 1 aromatic rings. The van der Waals surface area contributed by atoms with Crippen molar-refractivity contribution >= 4 is 31.6 Å². The van der Waals surface area contributed by atoms with Crippen LogP contribution in [-0.4, -0.2) is 40.4 Å². The van der Waals surface area contributed by atoms with Gasteiger partial charge in [0.15, 0.2) is 15.6 Å². The van der Waals surface area contributed by atoms with Gasteiger partial charge in [-0.05, 0) is 28.1 Å². The fourth-order valence-electron chi connectivity index (χ4n) is 1.43. The molecule has 0 radical (unpaired) electrons. The van der Waals surface area contributed by atoms with E-state index in [-0.39, 0.29) is 11.3 Å². The molecule has 0 aliphatic carbocycles. The van der Waals surface area contributed by atoms with Gasteiger partial charge in [0.25, 0.3) is 0 Å². The number of hydrogen-bond acceptors (Lipinski definition) is 5. The third-order valence-corrected chi connectivity index (χ3v) is 3.72. The van der Waals surface area contributed by atoms with Crippen LogP contribution in [0.1, 0.15) is 10.4 Å². The average Bonchev–Trinajstić information content (AvgIpc) is 2.26. The second-order valence-corrected chi connectivity index (χ2v) is 6.59. The number of methoxy groups -OCH3 is 2. The van der Waals surface area contributed by atoms with Gasteiger partial charge in [-0.2, -0.15) is 0 Å². The van der Waals surface area contributed by atoms with Gasteiger partial charge in [-0.1, -0.05) is 0 Å². The SMILES string of the molecule is COc1ccc(C(=O)CS(C)(=O)=O)c(OC)c1Br. The first kappa shape index (κ1) is 15.0. The summed E-state index contributed by atoms with van der Waals surface area (Å²) >= 11 is 3.25. The van der Waals surface area contributed by atoms with Gasteiger partial charge < -0.3 is 9.47 Å². The lowest BCUT2D eigenvalue weighted by atomic mass is 10.1. The van der Waals surface area contributed by atoms with Crippen LogP contribution >= 0.6 is 15.9 Å². The molecule has 100 valence electrons. The van der Waals surface area contributed by atoms with E-state index in [0.29, 0.717) is 10.2 Å². The highest BCUT2D eigenvalue weighted by molar-refractivity contribution is 9.10. The molecule has 0 saturated carbocycles. The lowest BCUT2D eigenvalue weighted by molar-refractivity contribution is 0.101. The summed E-state index contributed by atoms with van der Waals surface area (Å²) in [7, 11) is -0.493. The summed E-state index contributed by atoms with van der Waals surface area (Å²) in [5.41, 5.74) is 0.204. The van der Waals surface area contributed by atoms with Crippen LogP contribution in [0.5, 0.6) is 11.5 Å².